The maximum absolute atomic E-state index is 12.0. The molecule has 0 radical (unpaired) electrons. The molecule has 1 saturated carbocycles. The number of ether oxygens (including phenoxy) is 2. The second-order valence-electron chi connectivity index (χ2n) is 6.79. The molecule has 7 nitrogen and oxygen atoms in total. The second kappa shape index (κ2) is 7.01. The van der Waals surface area contributed by atoms with Crippen LogP contribution in [0.3, 0.4) is 0 Å². The molecule has 25 heavy (non-hydrogen) atoms. The molecule has 1 spiro atoms. The molecular formula is C18H24N4O3. The van der Waals surface area contributed by atoms with Crippen molar-refractivity contribution in [2.24, 2.45) is 0 Å². The smallest absolute Gasteiger partial charge is 0.315 e. The predicted octanol–water partition coefficient (Wildman–Crippen LogP) is 2.44. The number of aromatic nitrogens is 2. The summed E-state index contributed by atoms with van der Waals surface area (Å²) in [6.45, 7) is 1.35. The molecular weight excluding hydrogens is 320 g/mol. The van der Waals surface area contributed by atoms with Gasteiger partial charge >= 0.3 is 6.03 Å². The molecule has 3 N–H and O–H groups in total. The molecule has 1 saturated heterocycles. The molecule has 2 aliphatic rings. The molecule has 1 aliphatic carbocycles. The fourth-order valence-corrected chi connectivity index (χ4v) is 3.59. The molecule has 0 bridgehead atoms. The van der Waals surface area contributed by atoms with Gasteiger partial charge in [-0.25, -0.2) is 9.78 Å². The van der Waals surface area contributed by atoms with E-state index in [0.29, 0.717) is 19.7 Å². The third-order valence-corrected chi connectivity index (χ3v) is 4.87. The zero-order valence-corrected chi connectivity index (χ0v) is 14.2. The van der Waals surface area contributed by atoms with Gasteiger partial charge in [0.15, 0.2) is 5.79 Å². The Morgan fingerprint density at radius 1 is 1.24 bits per heavy atom. The fraction of sp³-hybridized carbons (Fsp3) is 0.556. The Kier molecular flexibility index (Phi) is 4.59. The number of para-hydroxylation sites is 2. The highest BCUT2D eigenvalue weighted by Gasteiger charge is 2.42. The van der Waals surface area contributed by atoms with Gasteiger partial charge in [0.05, 0.1) is 24.2 Å². The molecule has 1 aromatic carbocycles. The SMILES string of the molecule is O=C(NCc1nc2ccccc2[nH]1)NC[C@H]1COC2(CCCCC2)O1. The van der Waals surface area contributed by atoms with Crippen molar-refractivity contribution in [3.8, 4) is 0 Å². The van der Waals surface area contributed by atoms with Crippen molar-refractivity contribution >= 4 is 17.1 Å². The zero-order chi connectivity index (χ0) is 17.1. The lowest BCUT2D eigenvalue weighted by Gasteiger charge is -2.31. The van der Waals surface area contributed by atoms with Crippen molar-refractivity contribution in [2.45, 2.75) is 50.5 Å². The Balaban J connectivity index is 1.21. The van der Waals surface area contributed by atoms with E-state index in [-0.39, 0.29) is 12.1 Å². The van der Waals surface area contributed by atoms with E-state index in [2.05, 4.69) is 20.6 Å². The first-order chi connectivity index (χ1) is 12.2. The maximum Gasteiger partial charge on any atom is 0.315 e. The molecule has 2 aromatic rings. The van der Waals surface area contributed by atoms with Gasteiger partial charge in [-0.2, -0.15) is 0 Å². The number of benzene rings is 1. The molecule has 2 fully saturated rings. The number of H-pyrrole nitrogens is 1. The van der Waals surface area contributed by atoms with E-state index in [4.69, 9.17) is 9.47 Å². The van der Waals surface area contributed by atoms with Gasteiger partial charge in [0, 0.05) is 19.4 Å². The van der Waals surface area contributed by atoms with Crippen molar-refractivity contribution in [3.63, 3.8) is 0 Å². The van der Waals surface area contributed by atoms with Crippen LogP contribution in [0.4, 0.5) is 4.79 Å². The first-order valence-electron chi connectivity index (χ1n) is 9.00. The van der Waals surface area contributed by atoms with Crippen molar-refractivity contribution in [1.29, 1.82) is 0 Å². The lowest BCUT2D eigenvalue weighted by atomic mass is 9.94. The second-order valence-corrected chi connectivity index (χ2v) is 6.79. The number of carbonyl (C=O) groups excluding carboxylic acids is 1. The molecule has 1 aromatic heterocycles. The van der Waals surface area contributed by atoms with Crippen LogP contribution in [0.15, 0.2) is 24.3 Å². The molecule has 1 atom stereocenters. The van der Waals surface area contributed by atoms with E-state index in [0.717, 1.165) is 42.5 Å². The Morgan fingerprint density at radius 3 is 2.92 bits per heavy atom. The lowest BCUT2D eigenvalue weighted by molar-refractivity contribution is -0.186. The quantitative estimate of drug-likeness (QED) is 0.795. The van der Waals surface area contributed by atoms with E-state index >= 15 is 0 Å². The summed E-state index contributed by atoms with van der Waals surface area (Å²) in [5.41, 5.74) is 1.86. The third-order valence-electron chi connectivity index (χ3n) is 4.87. The summed E-state index contributed by atoms with van der Waals surface area (Å²) in [6, 6.07) is 7.56. The number of urea groups is 1. The minimum atomic E-state index is -0.394. The van der Waals surface area contributed by atoms with E-state index in [1.54, 1.807) is 0 Å². The summed E-state index contributed by atoms with van der Waals surface area (Å²) in [4.78, 5) is 19.6. The van der Waals surface area contributed by atoms with E-state index in [1.807, 2.05) is 24.3 Å². The summed E-state index contributed by atoms with van der Waals surface area (Å²) in [5.74, 6) is 0.341. The van der Waals surface area contributed by atoms with Crippen LogP contribution in [-0.2, 0) is 16.0 Å². The summed E-state index contributed by atoms with van der Waals surface area (Å²) in [6.07, 6.45) is 5.40. The van der Waals surface area contributed by atoms with Crippen LogP contribution in [-0.4, -0.2) is 41.0 Å². The number of rotatable bonds is 4. The number of imidazole rings is 1. The number of hydrogen-bond donors (Lipinski definition) is 3. The number of carbonyl (C=O) groups is 1. The topological polar surface area (TPSA) is 88.3 Å². The first-order valence-corrected chi connectivity index (χ1v) is 9.00. The van der Waals surface area contributed by atoms with Crippen molar-refractivity contribution in [1.82, 2.24) is 20.6 Å². The average Bonchev–Trinajstić information content (AvgIpc) is 3.23. The van der Waals surface area contributed by atoms with E-state index in [1.165, 1.54) is 6.42 Å². The lowest BCUT2D eigenvalue weighted by Crippen LogP contribution is -2.41. The van der Waals surface area contributed by atoms with Crippen LogP contribution >= 0.6 is 0 Å². The van der Waals surface area contributed by atoms with Crippen LogP contribution in [0.25, 0.3) is 11.0 Å². The molecule has 1 aliphatic heterocycles. The van der Waals surface area contributed by atoms with Gasteiger partial charge in [0.25, 0.3) is 0 Å². The summed E-state index contributed by atoms with van der Waals surface area (Å²) in [5, 5.41) is 5.67. The Hall–Kier alpha value is -2.12. The van der Waals surface area contributed by atoms with Gasteiger partial charge in [-0.3, -0.25) is 0 Å². The largest absolute Gasteiger partial charge is 0.347 e. The van der Waals surface area contributed by atoms with Gasteiger partial charge in [-0.05, 0) is 25.0 Å². The van der Waals surface area contributed by atoms with Gasteiger partial charge in [-0.1, -0.05) is 18.6 Å². The van der Waals surface area contributed by atoms with Gasteiger partial charge < -0.3 is 25.1 Å². The van der Waals surface area contributed by atoms with Crippen molar-refractivity contribution < 1.29 is 14.3 Å². The summed E-state index contributed by atoms with van der Waals surface area (Å²) in [7, 11) is 0. The highest BCUT2D eigenvalue weighted by molar-refractivity contribution is 5.75. The summed E-state index contributed by atoms with van der Waals surface area (Å²) < 4.78 is 11.9. The highest BCUT2D eigenvalue weighted by atomic mass is 16.7. The van der Waals surface area contributed by atoms with Crippen LogP contribution in [0.5, 0.6) is 0 Å². The van der Waals surface area contributed by atoms with Crippen LogP contribution in [0.2, 0.25) is 0 Å². The average molecular weight is 344 g/mol. The fourth-order valence-electron chi connectivity index (χ4n) is 3.59. The van der Waals surface area contributed by atoms with Crippen LogP contribution in [0.1, 0.15) is 37.9 Å². The van der Waals surface area contributed by atoms with Gasteiger partial charge in [-0.15, -0.1) is 0 Å². The Labute approximate surface area is 146 Å². The van der Waals surface area contributed by atoms with E-state index < -0.39 is 5.79 Å². The number of aromatic amines is 1. The van der Waals surface area contributed by atoms with Crippen molar-refractivity contribution in [3.05, 3.63) is 30.1 Å². The van der Waals surface area contributed by atoms with Crippen LogP contribution < -0.4 is 10.6 Å². The Bertz CT molecular complexity index is 706. The number of fused-ring (bicyclic) bond motifs is 1. The molecule has 134 valence electrons. The number of amides is 2. The third kappa shape index (κ3) is 3.77. The highest BCUT2D eigenvalue weighted by Crippen LogP contribution is 2.37. The molecule has 4 rings (SSSR count). The van der Waals surface area contributed by atoms with E-state index in [9.17, 15) is 4.79 Å². The van der Waals surface area contributed by atoms with Crippen LogP contribution in [0, 0.1) is 0 Å². The maximum atomic E-state index is 12.0. The molecule has 2 amide bonds. The number of nitrogens with zero attached hydrogens (tertiary/aromatic N) is 1. The molecule has 0 unspecified atom stereocenters. The Morgan fingerprint density at radius 2 is 2.08 bits per heavy atom. The van der Waals surface area contributed by atoms with Gasteiger partial charge in [0.2, 0.25) is 0 Å². The molecule has 2 heterocycles. The first kappa shape index (κ1) is 16.4. The number of nitrogens with one attached hydrogen (secondary N) is 3. The number of hydrogen-bond acceptors (Lipinski definition) is 4. The van der Waals surface area contributed by atoms with Gasteiger partial charge in [0.1, 0.15) is 11.9 Å². The standard InChI is InChI=1S/C18H24N4O3/c23-17(20-11-16-21-14-6-2-3-7-15(14)22-16)19-10-13-12-24-18(25-13)8-4-1-5-9-18/h2-3,6-7,13H,1,4-5,8-12H2,(H,21,22)(H2,19,20,23)/t13-/m0/s1. The van der Waals surface area contributed by atoms with Crippen molar-refractivity contribution in [2.75, 3.05) is 13.2 Å². The zero-order valence-electron chi connectivity index (χ0n) is 14.2. The monoisotopic (exact) mass is 344 g/mol. The predicted molar refractivity (Wildman–Crippen MR) is 93.0 cm³/mol. The minimum Gasteiger partial charge on any atom is -0.347 e. The summed E-state index contributed by atoms with van der Waals surface area (Å²) >= 11 is 0. The normalized spacial score (nSPS) is 22.3. The minimum absolute atomic E-state index is 0.0740. The molecule has 7 heteroatoms.